The molecule has 0 aromatic heterocycles. The molecule has 7 atom stereocenters. The molecule has 2 heterocycles. The van der Waals surface area contributed by atoms with Crippen molar-refractivity contribution in [3.63, 3.8) is 0 Å². The van der Waals surface area contributed by atoms with Crippen LogP contribution in [-0.4, -0.2) is 84.6 Å². The Balaban J connectivity index is 1.55. The number of rotatable bonds is 20. The first-order valence-corrected chi connectivity index (χ1v) is 22.2. The van der Waals surface area contributed by atoms with Crippen LogP contribution in [0.4, 0.5) is 9.18 Å². The molecular formula is C48H67FN2O9. The Labute approximate surface area is 355 Å². The Morgan fingerprint density at radius 3 is 2.57 bits per heavy atom. The summed E-state index contributed by atoms with van der Waals surface area (Å²) in [5, 5.41) is 24.8. The van der Waals surface area contributed by atoms with Crippen molar-refractivity contribution >= 4 is 11.8 Å². The summed E-state index contributed by atoms with van der Waals surface area (Å²) >= 11 is 0. The molecular weight excluding hydrogens is 768 g/mol. The molecule has 0 radical (unpaired) electrons. The largest absolute Gasteiger partial charge is 0.489 e. The highest BCUT2D eigenvalue weighted by Gasteiger charge is 2.65. The fourth-order valence-corrected chi connectivity index (χ4v) is 9.41. The van der Waals surface area contributed by atoms with Crippen molar-refractivity contribution in [3.05, 3.63) is 83.7 Å². The van der Waals surface area contributed by atoms with Crippen molar-refractivity contribution in [3.8, 4) is 11.5 Å². The van der Waals surface area contributed by atoms with E-state index in [9.17, 15) is 19.4 Å². The summed E-state index contributed by atoms with van der Waals surface area (Å²) in [5.74, 6) is -1.18. The predicted molar refractivity (Wildman–Crippen MR) is 228 cm³/mol. The van der Waals surface area contributed by atoms with E-state index in [0.717, 1.165) is 56.1 Å². The first-order chi connectivity index (χ1) is 29.0. The number of aliphatic hydroxyl groups excluding tert-OH is 2. The maximum Gasteiger partial charge on any atom is 0.410 e. The molecule has 2 aromatic rings. The molecule has 1 amide bonds. The van der Waals surface area contributed by atoms with E-state index in [2.05, 4.69) is 12.7 Å². The van der Waals surface area contributed by atoms with Crippen LogP contribution in [0.15, 0.2) is 71.9 Å². The fourth-order valence-electron chi connectivity index (χ4n) is 9.41. The van der Waals surface area contributed by atoms with Gasteiger partial charge in [0.2, 0.25) is 12.1 Å². The van der Waals surface area contributed by atoms with E-state index in [-0.39, 0.29) is 68.4 Å². The summed E-state index contributed by atoms with van der Waals surface area (Å²) in [6.07, 6.45) is 11.2. The molecule has 2 aliphatic carbocycles. The van der Waals surface area contributed by atoms with Crippen LogP contribution in [0.5, 0.6) is 11.5 Å². The first-order valence-electron chi connectivity index (χ1n) is 22.2. The van der Waals surface area contributed by atoms with Gasteiger partial charge in [-0.15, -0.1) is 6.58 Å². The molecule has 4 aliphatic rings. The second-order valence-corrected chi connectivity index (χ2v) is 17.9. The third kappa shape index (κ3) is 10.7. The van der Waals surface area contributed by atoms with Crippen LogP contribution in [0.3, 0.4) is 0 Å². The van der Waals surface area contributed by atoms with Gasteiger partial charge in [-0.25, -0.2) is 9.18 Å². The molecule has 2 aromatic carbocycles. The predicted octanol–water partition coefficient (Wildman–Crippen LogP) is 9.46. The quantitative estimate of drug-likeness (QED) is 0.0762. The van der Waals surface area contributed by atoms with Crippen LogP contribution in [0.1, 0.15) is 115 Å². The molecule has 7 unspecified atom stereocenters. The molecule has 6 rings (SSSR count). The number of oxime groups is 1. The number of nitrogens with zero attached hydrogens (tertiary/aromatic N) is 2. The van der Waals surface area contributed by atoms with Gasteiger partial charge in [0.25, 0.3) is 0 Å². The van der Waals surface area contributed by atoms with E-state index in [1.54, 1.807) is 29.2 Å². The average molecular weight is 835 g/mol. The Hall–Kier alpha value is -3.97. The van der Waals surface area contributed by atoms with Gasteiger partial charge in [0.05, 0.1) is 31.5 Å². The number of carbonyl (C=O) groups excluding carboxylic acids is 1. The number of unbranched alkanes of at least 4 members (excludes halogenated alkanes) is 2. The number of hydrogen-bond donors (Lipinski definition) is 2. The molecule has 0 spiro atoms. The molecule has 11 nitrogen and oxygen atoms in total. The second kappa shape index (κ2) is 21.2. The summed E-state index contributed by atoms with van der Waals surface area (Å²) < 4.78 is 47.5. The number of amides is 1. The van der Waals surface area contributed by atoms with Gasteiger partial charge < -0.3 is 38.7 Å². The normalized spacial score (nSPS) is 26.6. The summed E-state index contributed by atoms with van der Waals surface area (Å²) in [4.78, 5) is 22.5. The number of ether oxygens (including phenoxy) is 5. The molecule has 60 heavy (non-hydrogen) atoms. The zero-order valence-corrected chi connectivity index (χ0v) is 36.1. The van der Waals surface area contributed by atoms with Crippen LogP contribution >= 0.6 is 0 Å². The van der Waals surface area contributed by atoms with Crippen molar-refractivity contribution in [2.45, 2.75) is 129 Å². The van der Waals surface area contributed by atoms with Crippen LogP contribution in [0.2, 0.25) is 0 Å². The number of benzene rings is 2. The Morgan fingerprint density at radius 2 is 1.87 bits per heavy atom. The van der Waals surface area contributed by atoms with Gasteiger partial charge in [-0.2, -0.15) is 0 Å². The zero-order chi connectivity index (χ0) is 42.7. The SMILES string of the molecule is C=CCOC12Oc3ccc(OCc4ccccc4F)cc3C3C(CCCCO)C(CCCCO)C=C(C(=NOC4CCCCO4)CC1N(CCC)C(=O)OCC(C)(C)C)C32. The van der Waals surface area contributed by atoms with Gasteiger partial charge in [-0.1, -0.05) is 76.0 Å². The highest BCUT2D eigenvalue weighted by molar-refractivity contribution is 6.03. The molecule has 2 fully saturated rings. The summed E-state index contributed by atoms with van der Waals surface area (Å²) in [6.45, 7) is 13.7. The van der Waals surface area contributed by atoms with Gasteiger partial charge in [0.15, 0.2) is 0 Å². The van der Waals surface area contributed by atoms with Crippen LogP contribution in [0.25, 0.3) is 0 Å². The molecule has 12 heteroatoms. The summed E-state index contributed by atoms with van der Waals surface area (Å²) in [5.41, 5.74) is 2.74. The highest BCUT2D eigenvalue weighted by Crippen LogP contribution is 2.62. The number of allylic oxidation sites excluding steroid dienone is 1. The third-order valence-electron chi connectivity index (χ3n) is 12.1. The zero-order valence-electron chi connectivity index (χ0n) is 36.1. The number of aliphatic hydroxyl groups is 2. The lowest BCUT2D eigenvalue weighted by molar-refractivity contribution is -0.255. The summed E-state index contributed by atoms with van der Waals surface area (Å²) in [7, 11) is 0. The third-order valence-corrected chi connectivity index (χ3v) is 12.1. The van der Waals surface area contributed by atoms with E-state index >= 15 is 0 Å². The minimum absolute atomic E-state index is 0.0373. The topological polar surface area (TPSA) is 129 Å². The highest BCUT2D eigenvalue weighted by atomic mass is 19.1. The maximum atomic E-state index is 14.7. The van der Waals surface area contributed by atoms with E-state index < -0.39 is 30.1 Å². The fraction of sp³-hybridized carbons (Fsp3) is 0.625. The molecule has 0 bridgehead atoms. The number of hydrogen-bond acceptors (Lipinski definition) is 10. The van der Waals surface area contributed by atoms with Gasteiger partial charge in [0, 0.05) is 49.6 Å². The monoisotopic (exact) mass is 834 g/mol. The lowest BCUT2D eigenvalue weighted by atomic mass is 9.55. The molecule has 2 aliphatic heterocycles. The van der Waals surface area contributed by atoms with Gasteiger partial charge in [-0.05, 0) is 92.0 Å². The number of fused-ring (bicyclic) bond motifs is 2. The van der Waals surface area contributed by atoms with Crippen LogP contribution in [-0.2, 0) is 25.7 Å². The Morgan fingerprint density at radius 1 is 1.08 bits per heavy atom. The van der Waals surface area contributed by atoms with Crippen molar-refractivity contribution in [1.29, 1.82) is 0 Å². The lowest BCUT2D eigenvalue weighted by Gasteiger charge is -2.60. The average Bonchev–Trinajstić information content (AvgIpc) is 3.24. The van der Waals surface area contributed by atoms with Gasteiger partial charge in [0.1, 0.15) is 30.0 Å². The minimum Gasteiger partial charge on any atom is -0.489 e. The maximum absolute atomic E-state index is 14.7. The van der Waals surface area contributed by atoms with Crippen molar-refractivity contribution < 1.29 is 47.9 Å². The second-order valence-electron chi connectivity index (χ2n) is 17.9. The Bertz CT molecular complexity index is 1790. The standard InChI is InChI=1S/C48H67FN2O9/c1-6-23-51(46(54)57-32-47(3,4)5)42-30-40(50-60-43-20-12-15-27-55-43)37-28-33(16-10-13-24-52)36(18-11-14-25-53)44-38-29-35(56-31-34-17-8-9-19-39(34)49)21-22-41(38)59-48(42,45(37)44)58-26-7-2/h7-9,17,19,21-22,28-29,33,36,42-45,52-53H,2,6,10-16,18,20,23-27,30-32H2,1,3-5H3. The van der Waals surface area contributed by atoms with Crippen molar-refractivity contribution in [2.24, 2.45) is 28.3 Å². The molecule has 330 valence electrons. The van der Waals surface area contributed by atoms with E-state index in [1.165, 1.54) is 6.07 Å². The van der Waals surface area contributed by atoms with Gasteiger partial charge >= 0.3 is 6.09 Å². The van der Waals surface area contributed by atoms with E-state index in [0.29, 0.717) is 55.2 Å². The van der Waals surface area contributed by atoms with E-state index in [4.69, 9.17) is 33.7 Å². The van der Waals surface area contributed by atoms with Gasteiger partial charge in [-0.3, -0.25) is 4.90 Å². The van der Waals surface area contributed by atoms with Crippen LogP contribution in [0, 0.1) is 29.0 Å². The molecule has 2 N–H and O–H groups in total. The smallest absolute Gasteiger partial charge is 0.410 e. The van der Waals surface area contributed by atoms with E-state index in [1.807, 2.05) is 45.9 Å². The van der Waals surface area contributed by atoms with Crippen molar-refractivity contribution in [1.82, 2.24) is 4.90 Å². The van der Waals surface area contributed by atoms with Crippen molar-refractivity contribution in [2.75, 3.05) is 39.6 Å². The Kier molecular flexibility index (Phi) is 16.1. The number of halogens is 1. The minimum atomic E-state index is -1.41. The molecule has 1 saturated carbocycles. The lowest BCUT2D eigenvalue weighted by Crippen LogP contribution is -2.70. The molecule has 1 saturated heterocycles. The van der Waals surface area contributed by atoms with Crippen LogP contribution < -0.4 is 9.47 Å². The summed E-state index contributed by atoms with van der Waals surface area (Å²) in [6, 6.07) is 11.6. The first kappa shape index (κ1) is 45.6. The number of carbonyl (C=O) groups is 1.